The molecular formula is C96H89Cl2IN9O17S-. The first-order valence-corrected chi connectivity index (χ1v) is 42.4. The number of fused-ring (bicyclic) bond motifs is 5. The van der Waals surface area contributed by atoms with Gasteiger partial charge in [-0.25, -0.2) is 18.0 Å². The number of hydrogen-bond acceptors (Lipinski definition) is 20. The van der Waals surface area contributed by atoms with Crippen LogP contribution in [0.2, 0.25) is 0 Å². The summed E-state index contributed by atoms with van der Waals surface area (Å²) in [4.78, 5) is 121. The molecule has 13 aromatic rings. The average molecular weight is 1870 g/mol. The molecular weight excluding hydrogens is 1780 g/mol. The Bertz CT molecular complexity index is 7040. The van der Waals surface area contributed by atoms with E-state index in [1.165, 1.54) is 104 Å². The fourth-order valence-corrected chi connectivity index (χ4v) is 15.7. The van der Waals surface area contributed by atoms with Crippen LogP contribution in [0.3, 0.4) is 0 Å². The Balaban J connectivity index is 0.000000165. The number of imide groups is 1. The largest absolute Gasteiger partial charge is 0.744 e. The van der Waals surface area contributed by atoms with E-state index in [2.05, 4.69) is 75.5 Å². The summed E-state index contributed by atoms with van der Waals surface area (Å²) in [5.41, 5.74) is 33.8. The predicted molar refractivity (Wildman–Crippen MR) is 508 cm³/mol. The molecule has 0 atom stereocenters. The molecule has 30 heteroatoms. The second-order valence-corrected chi connectivity index (χ2v) is 31.6. The Morgan fingerprint density at radius 3 is 1.95 bits per heavy atom. The van der Waals surface area contributed by atoms with Crippen LogP contribution in [0.25, 0.3) is 111 Å². The molecule has 0 radical (unpaired) electrons. The van der Waals surface area contributed by atoms with Crippen LogP contribution in [0.1, 0.15) is 93.9 Å². The van der Waals surface area contributed by atoms with Crippen molar-refractivity contribution in [1.29, 1.82) is 0 Å². The minimum absolute atomic E-state index is 0. The van der Waals surface area contributed by atoms with Gasteiger partial charge in [0.05, 0.1) is 39.0 Å². The fraction of sp³-hybridized carbons (Fsp3) is 0.167. The van der Waals surface area contributed by atoms with Gasteiger partial charge in [-0.1, -0.05) is 132 Å². The van der Waals surface area contributed by atoms with Crippen LogP contribution in [0.4, 0.5) is 22.7 Å². The maximum absolute atomic E-state index is 12.3. The highest BCUT2D eigenvalue weighted by atomic mass is 127. The quantitative estimate of drug-likeness (QED) is 0.00288. The van der Waals surface area contributed by atoms with Gasteiger partial charge in [-0.05, 0) is 215 Å². The van der Waals surface area contributed by atoms with E-state index < -0.39 is 26.6 Å². The second kappa shape index (κ2) is 42.3. The van der Waals surface area contributed by atoms with Crippen LogP contribution in [0.5, 0.6) is 5.75 Å². The monoisotopic (exact) mass is 1870 g/mol. The molecule has 0 unspecified atom stereocenters. The fourth-order valence-electron chi connectivity index (χ4n) is 14.8. The summed E-state index contributed by atoms with van der Waals surface area (Å²) in [5.74, 6) is -1.95. The minimum atomic E-state index is -4.73. The molecule has 0 saturated heterocycles. The zero-order valence-electron chi connectivity index (χ0n) is 68.7. The number of nitrogens with one attached hydrogen (secondary N) is 4. The van der Waals surface area contributed by atoms with Crippen molar-refractivity contribution in [1.82, 2.24) is 15.2 Å². The maximum atomic E-state index is 12.3. The lowest BCUT2D eigenvalue weighted by Gasteiger charge is -2.18. The number of unbranched alkanes of at least 4 members (excludes halogenated alkanes) is 2. The molecule has 2 aliphatic heterocycles. The first-order valence-electron chi connectivity index (χ1n) is 39.5. The number of Topliss-reactive ketones (excluding diaryl/α,β-unsaturated/α-hetero) is 1. The van der Waals surface area contributed by atoms with Crippen LogP contribution in [0, 0.1) is 20.8 Å². The number of phenols is 1. The van der Waals surface area contributed by atoms with E-state index in [-0.39, 0.29) is 113 Å². The molecule has 0 fully saturated rings. The van der Waals surface area contributed by atoms with Crippen molar-refractivity contribution in [3.63, 3.8) is 0 Å². The number of halogens is 3. The van der Waals surface area contributed by atoms with Gasteiger partial charge in [0, 0.05) is 124 Å². The summed E-state index contributed by atoms with van der Waals surface area (Å²) < 4.78 is 46.4. The van der Waals surface area contributed by atoms with Gasteiger partial charge in [0.15, 0.2) is 10.9 Å². The van der Waals surface area contributed by atoms with Crippen LogP contribution in [-0.4, -0.2) is 98.4 Å². The number of aryl methyl sites for hydroxylation is 4. The van der Waals surface area contributed by atoms with Crippen molar-refractivity contribution >= 4 is 210 Å². The average Bonchev–Trinajstić information content (AvgIpc) is 0.749. The highest BCUT2D eigenvalue weighted by Gasteiger charge is 2.26. The number of hydrogen-bond donors (Lipinski definition) is 10. The third kappa shape index (κ3) is 22.4. The lowest BCUT2D eigenvalue weighted by molar-refractivity contribution is -0.137. The van der Waals surface area contributed by atoms with Crippen molar-refractivity contribution in [2.75, 3.05) is 46.2 Å². The number of phenolic OH excluding ortho intramolecular Hbond substituents is 1. The van der Waals surface area contributed by atoms with E-state index in [9.17, 15) is 71.1 Å². The number of carboxylic acid groups (broad SMARTS) is 1. The van der Waals surface area contributed by atoms with Gasteiger partial charge in [0.25, 0.3) is 11.8 Å². The molecule has 11 aromatic carbocycles. The van der Waals surface area contributed by atoms with Crippen molar-refractivity contribution in [3.8, 4) is 28.2 Å². The number of aromatic amines is 1. The number of anilines is 4. The number of nitrogens with two attached hydrogens (primary N) is 4. The minimum Gasteiger partial charge on any atom is -0.744 e. The van der Waals surface area contributed by atoms with Gasteiger partial charge in [0.2, 0.25) is 17.7 Å². The molecule has 5 amide bonds. The van der Waals surface area contributed by atoms with E-state index in [0.29, 0.717) is 120 Å². The number of H-pyrrole nitrogens is 1. The van der Waals surface area contributed by atoms with E-state index in [1.807, 2.05) is 72.8 Å². The third-order valence-electron chi connectivity index (χ3n) is 21.1. The summed E-state index contributed by atoms with van der Waals surface area (Å²) in [5, 5.41) is 38.4. The van der Waals surface area contributed by atoms with Gasteiger partial charge in [-0.3, -0.25) is 43.3 Å². The van der Waals surface area contributed by atoms with Crippen LogP contribution < -0.4 is 55.4 Å². The topological polar surface area (TPSA) is 454 Å². The summed E-state index contributed by atoms with van der Waals surface area (Å²) in [7, 11) is -4.73. The Kier molecular flexibility index (Phi) is 31.8. The lowest BCUT2D eigenvalue weighted by atomic mass is 9.90. The molecule has 4 heterocycles. The summed E-state index contributed by atoms with van der Waals surface area (Å²) >= 11 is 1.97. The number of aromatic hydroxyl groups is 1. The molecule has 648 valence electrons. The Labute approximate surface area is 748 Å². The van der Waals surface area contributed by atoms with Crippen LogP contribution >= 0.6 is 47.4 Å². The van der Waals surface area contributed by atoms with Gasteiger partial charge < -0.3 is 67.5 Å². The highest BCUT2D eigenvalue weighted by Crippen LogP contribution is 2.44. The number of carboxylic acids is 1. The molecule has 16 rings (SSSR count). The number of carbonyl (C=O) groups is 7. The Morgan fingerprint density at radius 2 is 1.26 bits per heavy atom. The molecule has 26 nitrogen and oxygen atoms in total. The SMILES string of the molecule is CC(=O)Nc1ccc(/C=C/c2ccc(NC(=O)CI)cc2C)c(S(=O)(=O)[O-])c1.Cc1cc2c(C)c(CC(=O)NCCCCCN3C(=O)C=CC3=O)c(=O)oc2cc1N.Cl.Cl.NCC(=O)CCCc1ccc2ccc3cccc4ccc1c2c34.NCc1c(O)ccc2c(-c3ccccc3C(=O)O)c3ccc(=O)cc-3oc12.Nc1ccc2[nH]c3ccccc3c(=O)c2c1. The summed E-state index contributed by atoms with van der Waals surface area (Å²) in [6, 6.07) is 59.6. The number of pyridine rings is 1. The first kappa shape index (κ1) is 94.8. The van der Waals surface area contributed by atoms with E-state index >= 15 is 0 Å². The Hall–Kier alpha value is -13.5. The van der Waals surface area contributed by atoms with Gasteiger partial charge >= 0.3 is 11.6 Å². The number of amides is 5. The molecule has 126 heavy (non-hydrogen) atoms. The number of benzene rings is 12. The number of aromatic nitrogens is 1. The van der Waals surface area contributed by atoms with E-state index in [0.717, 1.165) is 58.4 Å². The number of para-hydroxylation sites is 1. The molecule has 2 aromatic heterocycles. The number of aromatic carboxylic acids is 1. The van der Waals surface area contributed by atoms with E-state index in [4.69, 9.17) is 31.8 Å². The second-order valence-electron chi connectivity index (χ2n) is 29.5. The molecule has 14 N–H and O–H groups in total. The third-order valence-corrected chi connectivity index (χ3v) is 22.6. The maximum Gasteiger partial charge on any atom is 0.340 e. The van der Waals surface area contributed by atoms with Crippen molar-refractivity contribution < 1.29 is 65.6 Å². The predicted octanol–water partition coefficient (Wildman–Crippen LogP) is 16.1. The smallest absolute Gasteiger partial charge is 0.340 e. The van der Waals surface area contributed by atoms with Crippen molar-refractivity contribution in [2.45, 2.75) is 84.1 Å². The van der Waals surface area contributed by atoms with Crippen molar-refractivity contribution in [2.24, 2.45) is 11.5 Å². The molecule has 0 bridgehead atoms. The number of nitrogen functional groups attached to an aromatic ring is 2. The lowest BCUT2D eigenvalue weighted by Crippen LogP contribution is -2.31. The van der Waals surface area contributed by atoms with Gasteiger partial charge in [0.1, 0.15) is 38.6 Å². The standard InChI is InChI=1S/C22H25N3O5.C21H15NO5.C21H19NO.C19H19IN2O5S.C13H10N2O.2ClH/c1-13-10-15-14(2)16(22(29)30-18(15)12-17(13)23)11-19(26)24-8-4-3-5-9-25-20(27)6-7-21(25)28;22-10-16-17(24)8-7-15-19(12-3-1-2-4-13(12)21(25)26)14-6-5-11(23)9-18(14)27-20(15)16;22-13-18(23)6-2-3-14-7-8-17-10-9-15-4-1-5-16-11-12-19(14)21(17)20(15)16;1-12-9-16(22-19(24)11-20)7-5-14(12)3-4-15-6-8-17(21-13(2)23)10-18(15)28(25,26)27;14-8-5-6-12-10(7-8)13(16)9-3-1-2-4-11(9)15-12;;/h6-7,10,12H,3-5,8-9,11,23H2,1-2H3,(H,24,26);1-9,24H,10,22H2,(H,25,26);1,4-5,7-12H,2-3,6,13,22H2;3-10H,11H2,1-2H3,(H,21,23)(H,22,24)(H,25,26,27);1-7H,14H2,(H,15,16);2*1H/p-1/b;;;4-3+;;;. The van der Waals surface area contributed by atoms with E-state index in [1.54, 1.807) is 79.7 Å². The summed E-state index contributed by atoms with van der Waals surface area (Å²) in [6.07, 6.45) is 10.2. The number of ketones is 1. The van der Waals surface area contributed by atoms with Gasteiger partial charge in [-0.15, -0.1) is 24.8 Å². The highest BCUT2D eigenvalue weighted by molar-refractivity contribution is 14.1. The number of carbonyl (C=O) groups excluding carboxylic acids is 6. The molecule has 0 saturated carbocycles. The van der Waals surface area contributed by atoms with Crippen molar-refractivity contribution in [3.05, 3.63) is 293 Å². The van der Waals surface area contributed by atoms with Crippen LogP contribution in [-0.2, 0) is 58.3 Å². The zero-order valence-corrected chi connectivity index (χ0v) is 73.3. The van der Waals surface area contributed by atoms with Crippen LogP contribution in [0.15, 0.2) is 240 Å². The number of nitrogens with zero attached hydrogens (tertiary/aromatic N) is 1. The zero-order chi connectivity index (χ0) is 88.8. The summed E-state index contributed by atoms with van der Waals surface area (Å²) in [6.45, 7) is 7.81. The number of rotatable bonds is 22. The molecule has 3 aliphatic rings. The Morgan fingerprint density at radius 1 is 0.603 bits per heavy atom. The molecule has 0 spiro atoms. The normalized spacial score (nSPS) is 11.7. The molecule has 1 aliphatic carbocycles. The van der Waals surface area contributed by atoms with Gasteiger partial charge in [-0.2, -0.15) is 0 Å². The first-order chi connectivity index (χ1) is 59.4. The number of alkyl halides is 1.